The summed E-state index contributed by atoms with van der Waals surface area (Å²) in [6.07, 6.45) is 0. The average molecular weight is 403 g/mol. The smallest absolute Gasteiger partial charge is 0.138 e. The van der Waals surface area contributed by atoms with Crippen LogP contribution in [0.3, 0.4) is 0 Å². The summed E-state index contributed by atoms with van der Waals surface area (Å²) in [7, 11) is 0. The van der Waals surface area contributed by atoms with E-state index < -0.39 is 0 Å². The van der Waals surface area contributed by atoms with Gasteiger partial charge in [0.2, 0.25) is 0 Å². The highest BCUT2D eigenvalue weighted by atomic mass is 16.3. The second-order valence-corrected chi connectivity index (χ2v) is 9.62. The highest BCUT2D eigenvalue weighted by Crippen LogP contribution is 2.49. The van der Waals surface area contributed by atoms with Crippen LogP contribution >= 0.6 is 0 Å². The first-order valence-electron chi connectivity index (χ1n) is 11.1. The molecule has 0 unspecified atom stereocenters. The minimum Gasteiger partial charge on any atom is -0.456 e. The summed E-state index contributed by atoms with van der Waals surface area (Å²) in [6.45, 7) is 9.11. The number of fused-ring (bicyclic) bond motifs is 6. The predicted octanol–water partition coefficient (Wildman–Crippen LogP) is 8.68. The van der Waals surface area contributed by atoms with Crippen LogP contribution in [-0.4, -0.2) is 0 Å². The van der Waals surface area contributed by atoms with Gasteiger partial charge in [-0.3, -0.25) is 0 Å². The van der Waals surface area contributed by atoms with E-state index >= 15 is 0 Å². The van der Waals surface area contributed by atoms with Gasteiger partial charge < -0.3 is 4.42 Å². The summed E-state index contributed by atoms with van der Waals surface area (Å²) in [5, 5.41) is 2.40. The Labute approximate surface area is 183 Å². The zero-order valence-corrected chi connectivity index (χ0v) is 18.5. The summed E-state index contributed by atoms with van der Waals surface area (Å²) in [5.74, 6) is 0.435. The Bertz CT molecular complexity index is 1480. The van der Waals surface area contributed by atoms with Gasteiger partial charge in [-0.1, -0.05) is 88.4 Å². The van der Waals surface area contributed by atoms with Gasteiger partial charge in [-0.25, -0.2) is 0 Å². The van der Waals surface area contributed by atoms with Gasteiger partial charge in [-0.05, 0) is 63.1 Å². The molecule has 0 radical (unpaired) electrons. The van der Waals surface area contributed by atoms with Crippen molar-refractivity contribution in [3.63, 3.8) is 0 Å². The molecular formula is C30H26O. The third-order valence-electron chi connectivity index (χ3n) is 7.07. The molecule has 31 heavy (non-hydrogen) atoms. The fourth-order valence-electron chi connectivity index (χ4n) is 5.34. The summed E-state index contributed by atoms with van der Waals surface area (Å²) in [5.41, 5.74) is 11.3. The second kappa shape index (κ2) is 6.34. The molecule has 0 saturated heterocycles. The standard InChI is InChI=1S/C30H26O/c1-18(2)21-9-7-10-24-25-16-19(13-15-28(25)31-29(21)24)20-12-14-23-22-8-5-6-11-26(22)30(3,4)27(23)17-20/h5-18H,1-4H3. The molecule has 0 atom stereocenters. The van der Waals surface area contributed by atoms with Crippen LogP contribution in [0.2, 0.25) is 0 Å². The number of furan rings is 1. The Kier molecular flexibility index (Phi) is 3.77. The van der Waals surface area contributed by atoms with E-state index in [2.05, 4.69) is 107 Å². The van der Waals surface area contributed by atoms with E-state index in [0.717, 1.165) is 11.2 Å². The highest BCUT2D eigenvalue weighted by Gasteiger charge is 2.35. The summed E-state index contributed by atoms with van der Waals surface area (Å²) < 4.78 is 6.29. The van der Waals surface area contributed by atoms with Gasteiger partial charge in [0.1, 0.15) is 11.2 Å². The molecule has 0 N–H and O–H groups in total. The van der Waals surface area contributed by atoms with Crippen LogP contribution in [0.5, 0.6) is 0 Å². The molecule has 1 heteroatoms. The zero-order valence-electron chi connectivity index (χ0n) is 18.5. The van der Waals surface area contributed by atoms with Crippen LogP contribution in [0.25, 0.3) is 44.2 Å². The van der Waals surface area contributed by atoms with E-state index in [-0.39, 0.29) is 5.41 Å². The monoisotopic (exact) mass is 402 g/mol. The van der Waals surface area contributed by atoms with E-state index in [1.807, 2.05) is 0 Å². The van der Waals surface area contributed by atoms with Gasteiger partial charge in [0.15, 0.2) is 0 Å². The van der Waals surface area contributed by atoms with Crippen LogP contribution in [0.4, 0.5) is 0 Å². The minimum atomic E-state index is 0.0144. The van der Waals surface area contributed by atoms with Gasteiger partial charge in [-0.2, -0.15) is 0 Å². The molecule has 1 aliphatic carbocycles. The maximum absolute atomic E-state index is 6.29. The predicted molar refractivity (Wildman–Crippen MR) is 131 cm³/mol. The molecule has 0 spiro atoms. The molecule has 0 fully saturated rings. The van der Waals surface area contributed by atoms with E-state index in [9.17, 15) is 0 Å². The van der Waals surface area contributed by atoms with Crippen molar-refractivity contribution in [2.45, 2.75) is 39.0 Å². The Morgan fingerprint density at radius 3 is 2.26 bits per heavy atom. The molecule has 0 saturated carbocycles. The largest absolute Gasteiger partial charge is 0.456 e. The Balaban J connectivity index is 1.53. The first kappa shape index (κ1) is 18.4. The quantitative estimate of drug-likeness (QED) is 0.288. The van der Waals surface area contributed by atoms with Gasteiger partial charge in [-0.15, -0.1) is 0 Å². The van der Waals surface area contributed by atoms with E-state index in [1.165, 1.54) is 49.7 Å². The lowest BCUT2D eigenvalue weighted by atomic mass is 9.81. The zero-order chi connectivity index (χ0) is 21.3. The normalized spacial score (nSPS) is 14.4. The van der Waals surface area contributed by atoms with Gasteiger partial charge in [0, 0.05) is 16.2 Å². The number of benzene rings is 4. The van der Waals surface area contributed by atoms with Crippen molar-refractivity contribution >= 4 is 21.9 Å². The third kappa shape index (κ3) is 2.56. The van der Waals surface area contributed by atoms with Crippen molar-refractivity contribution in [1.82, 2.24) is 0 Å². The van der Waals surface area contributed by atoms with E-state index in [4.69, 9.17) is 4.42 Å². The lowest BCUT2D eigenvalue weighted by molar-refractivity contribution is 0.657. The molecule has 0 aliphatic heterocycles. The van der Waals surface area contributed by atoms with Crippen molar-refractivity contribution < 1.29 is 4.42 Å². The summed E-state index contributed by atoms with van der Waals surface area (Å²) in [6, 6.07) is 28.9. The number of rotatable bonds is 2. The Hall–Kier alpha value is -3.32. The summed E-state index contributed by atoms with van der Waals surface area (Å²) >= 11 is 0. The van der Waals surface area contributed by atoms with E-state index in [0.29, 0.717) is 5.92 Å². The van der Waals surface area contributed by atoms with Gasteiger partial charge >= 0.3 is 0 Å². The molecule has 152 valence electrons. The Morgan fingerprint density at radius 1 is 0.677 bits per heavy atom. The SMILES string of the molecule is CC(C)c1cccc2c1oc1ccc(-c3ccc4c(c3)C(C)(C)c3ccccc3-4)cc12. The molecule has 1 aliphatic rings. The minimum absolute atomic E-state index is 0.0144. The summed E-state index contributed by atoms with van der Waals surface area (Å²) in [4.78, 5) is 0. The van der Waals surface area contributed by atoms with Gasteiger partial charge in [0.05, 0.1) is 0 Å². The maximum atomic E-state index is 6.29. The highest BCUT2D eigenvalue weighted by molar-refractivity contribution is 6.07. The lowest BCUT2D eigenvalue weighted by Crippen LogP contribution is -2.14. The lowest BCUT2D eigenvalue weighted by Gasteiger charge is -2.22. The van der Waals surface area contributed by atoms with Crippen LogP contribution in [-0.2, 0) is 5.41 Å². The number of hydrogen-bond acceptors (Lipinski definition) is 1. The molecular weight excluding hydrogens is 376 g/mol. The molecule has 0 amide bonds. The number of para-hydroxylation sites is 1. The van der Waals surface area contributed by atoms with Crippen molar-refractivity contribution in [3.8, 4) is 22.3 Å². The van der Waals surface area contributed by atoms with Gasteiger partial charge in [0.25, 0.3) is 0 Å². The molecule has 0 bridgehead atoms. The third-order valence-corrected chi connectivity index (χ3v) is 7.07. The van der Waals surface area contributed by atoms with Crippen molar-refractivity contribution in [1.29, 1.82) is 0 Å². The van der Waals surface area contributed by atoms with Crippen LogP contribution in [0.1, 0.15) is 50.3 Å². The molecule has 4 aromatic carbocycles. The van der Waals surface area contributed by atoms with Crippen LogP contribution < -0.4 is 0 Å². The fraction of sp³-hybridized carbons (Fsp3) is 0.200. The van der Waals surface area contributed by atoms with Crippen molar-refractivity contribution in [2.24, 2.45) is 0 Å². The van der Waals surface area contributed by atoms with Crippen LogP contribution in [0, 0.1) is 0 Å². The van der Waals surface area contributed by atoms with Crippen LogP contribution in [0.15, 0.2) is 83.3 Å². The second-order valence-electron chi connectivity index (χ2n) is 9.62. The average Bonchev–Trinajstić information content (AvgIpc) is 3.26. The Morgan fingerprint density at radius 2 is 1.42 bits per heavy atom. The topological polar surface area (TPSA) is 13.1 Å². The van der Waals surface area contributed by atoms with Crippen molar-refractivity contribution in [3.05, 3.63) is 95.6 Å². The fourth-order valence-corrected chi connectivity index (χ4v) is 5.34. The first-order valence-corrected chi connectivity index (χ1v) is 11.1. The maximum Gasteiger partial charge on any atom is 0.138 e. The molecule has 5 aromatic rings. The molecule has 1 nitrogen and oxygen atoms in total. The van der Waals surface area contributed by atoms with Crippen molar-refractivity contribution in [2.75, 3.05) is 0 Å². The number of hydrogen-bond donors (Lipinski definition) is 0. The molecule has 6 rings (SSSR count). The van der Waals surface area contributed by atoms with E-state index in [1.54, 1.807) is 0 Å². The first-order chi connectivity index (χ1) is 14.9. The molecule has 1 aromatic heterocycles. The molecule has 1 heterocycles.